The van der Waals surface area contributed by atoms with Crippen LogP contribution in [0.3, 0.4) is 0 Å². The van der Waals surface area contributed by atoms with E-state index < -0.39 is 0 Å². The molecule has 1 fully saturated rings. The second-order valence-electron chi connectivity index (χ2n) is 3.67. The van der Waals surface area contributed by atoms with Crippen molar-refractivity contribution in [2.45, 2.75) is 25.4 Å². The predicted molar refractivity (Wildman–Crippen MR) is 64.6 cm³/mol. The first-order valence-electron chi connectivity index (χ1n) is 4.97. The first kappa shape index (κ1) is 10.6. The van der Waals surface area contributed by atoms with Gasteiger partial charge in [0.15, 0.2) is 0 Å². The van der Waals surface area contributed by atoms with E-state index in [1.54, 1.807) is 11.3 Å². The van der Waals surface area contributed by atoms with Gasteiger partial charge in [0.2, 0.25) is 0 Å². The van der Waals surface area contributed by atoms with E-state index in [9.17, 15) is 0 Å². The highest BCUT2D eigenvalue weighted by Gasteiger charge is 2.32. The highest BCUT2D eigenvalue weighted by atomic mass is 79.9. The van der Waals surface area contributed by atoms with Crippen molar-refractivity contribution >= 4 is 27.3 Å². The normalized spacial score (nSPS) is 28.5. The van der Waals surface area contributed by atoms with Gasteiger partial charge in [0.05, 0.1) is 9.83 Å². The Balaban J connectivity index is 2.22. The molecule has 2 atom stereocenters. The van der Waals surface area contributed by atoms with Crippen molar-refractivity contribution in [2.24, 2.45) is 5.73 Å². The van der Waals surface area contributed by atoms with Crippen LogP contribution < -0.4 is 5.73 Å². The highest BCUT2D eigenvalue weighted by molar-refractivity contribution is 9.11. The molecule has 1 aliphatic rings. The number of halogens is 1. The highest BCUT2D eigenvalue weighted by Crippen LogP contribution is 2.36. The number of likely N-dealkylation sites (N-methyl/N-ethyl adjacent to an activating group) is 1. The van der Waals surface area contributed by atoms with E-state index in [0.717, 1.165) is 19.5 Å². The minimum absolute atomic E-state index is 0.306. The molecule has 2 heterocycles. The van der Waals surface area contributed by atoms with E-state index in [4.69, 9.17) is 5.73 Å². The topological polar surface area (TPSA) is 29.3 Å². The molecule has 2 unspecified atom stereocenters. The monoisotopic (exact) mass is 274 g/mol. The van der Waals surface area contributed by atoms with Crippen LogP contribution in [-0.2, 0) is 0 Å². The fourth-order valence-electron chi connectivity index (χ4n) is 2.12. The molecule has 2 nitrogen and oxygen atoms in total. The third-order valence-electron chi connectivity index (χ3n) is 2.84. The Morgan fingerprint density at radius 3 is 3.00 bits per heavy atom. The minimum atomic E-state index is 0.306. The van der Waals surface area contributed by atoms with Gasteiger partial charge < -0.3 is 5.73 Å². The summed E-state index contributed by atoms with van der Waals surface area (Å²) in [5.41, 5.74) is 6.14. The van der Waals surface area contributed by atoms with Crippen LogP contribution in [0, 0.1) is 0 Å². The van der Waals surface area contributed by atoms with E-state index in [-0.39, 0.29) is 0 Å². The Hall–Kier alpha value is 0.1000. The van der Waals surface area contributed by atoms with Crippen molar-refractivity contribution in [3.8, 4) is 0 Å². The lowest BCUT2D eigenvalue weighted by molar-refractivity contribution is 0.264. The van der Waals surface area contributed by atoms with Gasteiger partial charge >= 0.3 is 0 Å². The molecule has 1 aliphatic heterocycles. The summed E-state index contributed by atoms with van der Waals surface area (Å²) in [5, 5.41) is 0. The summed E-state index contributed by atoms with van der Waals surface area (Å²) in [6, 6.07) is 5.04. The lowest BCUT2D eigenvalue weighted by Gasteiger charge is -2.24. The van der Waals surface area contributed by atoms with Gasteiger partial charge in [-0.1, -0.05) is 6.92 Å². The molecule has 2 rings (SSSR count). The predicted octanol–water partition coefficient (Wildman–Crippen LogP) is 2.60. The van der Waals surface area contributed by atoms with Gasteiger partial charge in [-0.05, 0) is 41.0 Å². The summed E-state index contributed by atoms with van der Waals surface area (Å²) < 4.78 is 1.20. The van der Waals surface area contributed by atoms with Gasteiger partial charge in [0.25, 0.3) is 0 Å². The molecule has 0 bridgehead atoms. The molecule has 1 aromatic rings. The Kier molecular flexibility index (Phi) is 3.27. The molecule has 0 spiro atoms. The molecule has 1 saturated heterocycles. The molecule has 14 heavy (non-hydrogen) atoms. The number of likely N-dealkylation sites (tertiary alicyclic amines) is 1. The molecule has 4 heteroatoms. The fraction of sp³-hybridized carbons (Fsp3) is 0.600. The molecule has 2 N–H and O–H groups in total. The SMILES string of the molecule is CCN1CCC(N)C1c1ccc(Br)s1. The van der Waals surface area contributed by atoms with Crippen molar-refractivity contribution < 1.29 is 0 Å². The van der Waals surface area contributed by atoms with Crippen LogP contribution in [0.1, 0.15) is 24.3 Å². The van der Waals surface area contributed by atoms with Crippen LogP contribution in [-0.4, -0.2) is 24.0 Å². The summed E-state index contributed by atoms with van der Waals surface area (Å²) in [4.78, 5) is 3.85. The summed E-state index contributed by atoms with van der Waals surface area (Å²) in [6.07, 6.45) is 1.12. The molecule has 0 aliphatic carbocycles. The maximum absolute atomic E-state index is 6.14. The number of nitrogens with zero attached hydrogens (tertiary/aromatic N) is 1. The third-order valence-corrected chi connectivity index (χ3v) is 4.53. The van der Waals surface area contributed by atoms with Crippen LogP contribution in [0.15, 0.2) is 15.9 Å². The standard InChI is InChI=1S/C10H15BrN2S/c1-2-13-6-5-7(12)10(13)8-3-4-9(11)14-8/h3-4,7,10H,2,5-6,12H2,1H3. The first-order chi connectivity index (χ1) is 6.72. The van der Waals surface area contributed by atoms with Crippen molar-refractivity contribution in [1.82, 2.24) is 4.90 Å². The minimum Gasteiger partial charge on any atom is -0.326 e. The lowest BCUT2D eigenvalue weighted by Crippen LogP contribution is -2.30. The van der Waals surface area contributed by atoms with E-state index in [1.165, 1.54) is 8.66 Å². The Morgan fingerprint density at radius 1 is 1.64 bits per heavy atom. The van der Waals surface area contributed by atoms with Crippen molar-refractivity contribution in [1.29, 1.82) is 0 Å². The maximum atomic E-state index is 6.14. The van der Waals surface area contributed by atoms with Crippen molar-refractivity contribution in [3.05, 3.63) is 20.8 Å². The van der Waals surface area contributed by atoms with Crippen LogP contribution in [0.25, 0.3) is 0 Å². The van der Waals surface area contributed by atoms with Gasteiger partial charge in [-0.3, -0.25) is 4.90 Å². The second kappa shape index (κ2) is 4.31. The Bertz CT molecular complexity index is 313. The Labute approximate surface area is 97.2 Å². The van der Waals surface area contributed by atoms with Crippen LogP contribution >= 0.6 is 27.3 Å². The number of hydrogen-bond acceptors (Lipinski definition) is 3. The number of thiophene rings is 1. The van der Waals surface area contributed by atoms with E-state index >= 15 is 0 Å². The zero-order valence-corrected chi connectivity index (χ0v) is 10.6. The summed E-state index contributed by atoms with van der Waals surface area (Å²) in [5.74, 6) is 0. The molecule has 78 valence electrons. The zero-order chi connectivity index (χ0) is 10.1. The van der Waals surface area contributed by atoms with Crippen LogP contribution in [0.4, 0.5) is 0 Å². The molecular formula is C10H15BrN2S. The molecule has 0 radical (unpaired) electrons. The van der Waals surface area contributed by atoms with Crippen LogP contribution in [0.5, 0.6) is 0 Å². The summed E-state index contributed by atoms with van der Waals surface area (Å²) in [6.45, 7) is 4.43. The molecule has 1 aromatic heterocycles. The molecule has 0 amide bonds. The average Bonchev–Trinajstić information content (AvgIpc) is 2.71. The van der Waals surface area contributed by atoms with Crippen LogP contribution in [0.2, 0.25) is 0 Å². The smallest absolute Gasteiger partial charge is 0.0702 e. The lowest BCUT2D eigenvalue weighted by atomic mass is 10.1. The quantitative estimate of drug-likeness (QED) is 0.899. The van der Waals surface area contributed by atoms with Gasteiger partial charge in [0.1, 0.15) is 0 Å². The van der Waals surface area contributed by atoms with E-state index in [1.807, 2.05) is 0 Å². The molecular weight excluding hydrogens is 260 g/mol. The van der Waals surface area contributed by atoms with Gasteiger partial charge in [-0.2, -0.15) is 0 Å². The Morgan fingerprint density at radius 2 is 2.43 bits per heavy atom. The number of rotatable bonds is 2. The average molecular weight is 275 g/mol. The van der Waals surface area contributed by atoms with E-state index in [2.05, 4.69) is 39.9 Å². The van der Waals surface area contributed by atoms with Gasteiger partial charge in [0, 0.05) is 17.5 Å². The van der Waals surface area contributed by atoms with Crippen molar-refractivity contribution in [3.63, 3.8) is 0 Å². The molecule has 0 aromatic carbocycles. The first-order valence-corrected chi connectivity index (χ1v) is 6.58. The van der Waals surface area contributed by atoms with Gasteiger partial charge in [-0.25, -0.2) is 0 Å². The number of nitrogens with two attached hydrogens (primary N) is 1. The third kappa shape index (κ3) is 1.89. The summed E-state index contributed by atoms with van der Waals surface area (Å²) >= 11 is 5.30. The van der Waals surface area contributed by atoms with Gasteiger partial charge in [-0.15, -0.1) is 11.3 Å². The van der Waals surface area contributed by atoms with E-state index in [0.29, 0.717) is 12.1 Å². The second-order valence-corrected chi connectivity index (χ2v) is 6.16. The fourth-order valence-corrected chi connectivity index (χ4v) is 3.75. The summed E-state index contributed by atoms with van der Waals surface area (Å²) in [7, 11) is 0. The maximum Gasteiger partial charge on any atom is 0.0702 e. The largest absolute Gasteiger partial charge is 0.326 e. The number of hydrogen-bond donors (Lipinski definition) is 1. The zero-order valence-electron chi connectivity index (χ0n) is 8.24. The molecule has 0 saturated carbocycles. The van der Waals surface area contributed by atoms with Crippen molar-refractivity contribution in [2.75, 3.05) is 13.1 Å².